The van der Waals surface area contributed by atoms with E-state index in [9.17, 15) is 40.5 Å². The predicted octanol–water partition coefficient (Wildman–Crippen LogP) is 2.59. The van der Waals surface area contributed by atoms with Gasteiger partial charge in [0.1, 0.15) is 48.8 Å². The molecule has 5 aliphatic heterocycles. The van der Waals surface area contributed by atoms with Gasteiger partial charge in [0.25, 0.3) is 0 Å². The average Bonchev–Trinajstić information content (AvgIpc) is 3.76. The minimum atomic E-state index is -1.62. The monoisotopic (exact) mass is 939 g/mol. The summed E-state index contributed by atoms with van der Waals surface area (Å²) in [6, 6.07) is 0. The molecule has 9 aliphatic rings. The van der Waals surface area contributed by atoms with Crippen LogP contribution < -0.4 is 0 Å². The number of hydrogen-bond acceptors (Lipinski definition) is 17. The molecule has 9 rings (SSSR count). The van der Waals surface area contributed by atoms with Crippen molar-refractivity contribution < 1.29 is 83.2 Å². The second-order valence-corrected chi connectivity index (χ2v) is 23.5. The number of ether oxygens (including phenoxy) is 9. The summed E-state index contributed by atoms with van der Waals surface area (Å²) in [5, 5.41) is 76.0. The smallest absolute Gasteiger partial charge is 0.303 e. The molecule has 17 nitrogen and oxygen atoms in total. The number of aliphatic hydroxyl groups excluding tert-OH is 7. The van der Waals surface area contributed by atoms with Crippen molar-refractivity contribution in [1.29, 1.82) is 0 Å². The minimum absolute atomic E-state index is 0.0835. The van der Waals surface area contributed by atoms with E-state index in [0.717, 1.165) is 37.7 Å². The third-order valence-electron chi connectivity index (χ3n) is 19.0. The molecule has 0 amide bonds. The molecule has 4 saturated carbocycles. The van der Waals surface area contributed by atoms with Crippen molar-refractivity contribution in [3.63, 3.8) is 0 Å². The number of carbonyl (C=O) groups is 1. The SMILES string of the molecule is CC(=O)O[C@@H]1[C@H](O)[C@@H](O[C@@]2(C)C[C@H](C=C(C)C)O[C@]34C[C@]5(CO3)[C@H](CC[C@@H]3[C@@]6(C)CC[C@H](O[C@@H]7OC[C@H](O)[C@H](O)[C@H]7O[C@@H]7O[C@@H](C)[C@H](O)[C@@H](O)[C@H]7O)C(C)(C)[C@@H]6CC[C@]35C)[C@H]42)O[C@H](C)[C@H]1O. The van der Waals surface area contributed by atoms with E-state index in [1.54, 1.807) is 13.8 Å². The van der Waals surface area contributed by atoms with Crippen LogP contribution in [0.15, 0.2) is 11.6 Å². The van der Waals surface area contributed by atoms with Crippen LogP contribution in [0.5, 0.6) is 0 Å². The maximum atomic E-state index is 12.1. The van der Waals surface area contributed by atoms with Gasteiger partial charge in [-0.1, -0.05) is 39.3 Å². The highest BCUT2D eigenvalue weighted by Gasteiger charge is 2.81. The van der Waals surface area contributed by atoms with E-state index >= 15 is 0 Å². The summed E-state index contributed by atoms with van der Waals surface area (Å²) in [4.78, 5) is 12.1. The van der Waals surface area contributed by atoms with Crippen LogP contribution in [0.4, 0.5) is 0 Å². The first-order valence-corrected chi connectivity index (χ1v) is 24.6. The predicted molar refractivity (Wildman–Crippen MR) is 232 cm³/mol. The fourth-order valence-electron chi connectivity index (χ4n) is 16.1. The molecule has 376 valence electrons. The van der Waals surface area contributed by atoms with Gasteiger partial charge in [0.05, 0.1) is 43.2 Å². The largest absolute Gasteiger partial charge is 0.457 e. The molecule has 7 N–H and O–H groups in total. The van der Waals surface area contributed by atoms with E-state index in [1.807, 2.05) is 13.8 Å². The lowest BCUT2D eigenvalue weighted by molar-refractivity contribution is -0.384. The van der Waals surface area contributed by atoms with Gasteiger partial charge in [0, 0.05) is 31.1 Å². The first kappa shape index (κ1) is 49.6. The summed E-state index contributed by atoms with van der Waals surface area (Å²) in [6.45, 7) is 20.5. The fourth-order valence-corrected chi connectivity index (χ4v) is 16.1. The van der Waals surface area contributed by atoms with Crippen molar-refractivity contribution in [2.75, 3.05) is 13.2 Å². The van der Waals surface area contributed by atoms with E-state index in [1.165, 1.54) is 6.92 Å². The van der Waals surface area contributed by atoms with Gasteiger partial charge in [0.15, 0.2) is 30.8 Å². The maximum Gasteiger partial charge on any atom is 0.303 e. The third-order valence-corrected chi connectivity index (χ3v) is 19.0. The molecule has 25 atom stereocenters. The zero-order chi connectivity index (χ0) is 47.8. The van der Waals surface area contributed by atoms with Crippen LogP contribution >= 0.6 is 0 Å². The van der Waals surface area contributed by atoms with Crippen molar-refractivity contribution in [3.8, 4) is 0 Å². The number of carbonyl (C=O) groups excluding carboxylic acids is 1. The number of hydrogen-bond donors (Lipinski definition) is 7. The van der Waals surface area contributed by atoms with Crippen LogP contribution in [-0.4, -0.2) is 165 Å². The van der Waals surface area contributed by atoms with E-state index in [4.69, 9.17) is 42.6 Å². The molecule has 0 unspecified atom stereocenters. The molecule has 4 aliphatic carbocycles. The Morgan fingerprint density at radius 2 is 1.41 bits per heavy atom. The molecule has 5 heterocycles. The van der Waals surface area contributed by atoms with Gasteiger partial charge in [-0.25, -0.2) is 0 Å². The van der Waals surface area contributed by atoms with Gasteiger partial charge in [-0.3, -0.25) is 4.79 Å². The second kappa shape index (κ2) is 17.1. The number of allylic oxidation sites excluding steroid dienone is 1. The van der Waals surface area contributed by atoms with Gasteiger partial charge in [-0.15, -0.1) is 0 Å². The first-order chi connectivity index (χ1) is 30.8. The molecular formula is C49H78O17. The molecular weight excluding hydrogens is 861 g/mol. The minimum Gasteiger partial charge on any atom is -0.457 e. The topological polar surface area (TPSA) is 242 Å². The highest BCUT2D eigenvalue weighted by atomic mass is 16.8. The summed E-state index contributed by atoms with van der Waals surface area (Å²) in [5.74, 6) is -1.01. The Labute approximate surface area is 388 Å². The lowest BCUT2D eigenvalue weighted by atomic mass is 9.35. The fraction of sp³-hybridized carbons (Fsp3) is 0.939. The first-order valence-electron chi connectivity index (χ1n) is 24.6. The number of esters is 1. The Balaban J connectivity index is 0.971. The summed E-state index contributed by atoms with van der Waals surface area (Å²) in [7, 11) is 0. The van der Waals surface area contributed by atoms with Crippen molar-refractivity contribution >= 4 is 5.97 Å². The molecule has 66 heavy (non-hydrogen) atoms. The zero-order valence-electron chi connectivity index (χ0n) is 40.4. The van der Waals surface area contributed by atoms with Crippen LogP contribution in [0.25, 0.3) is 0 Å². The average molecular weight is 939 g/mol. The highest BCUT2D eigenvalue weighted by Crippen LogP contribution is 2.80. The van der Waals surface area contributed by atoms with E-state index in [2.05, 4.69) is 40.7 Å². The zero-order valence-corrected chi connectivity index (χ0v) is 40.4. The van der Waals surface area contributed by atoms with Gasteiger partial charge >= 0.3 is 5.97 Å². The van der Waals surface area contributed by atoms with Gasteiger partial charge in [-0.05, 0) is 107 Å². The molecule has 5 saturated heterocycles. The van der Waals surface area contributed by atoms with Crippen molar-refractivity contribution in [3.05, 3.63) is 11.6 Å². The van der Waals surface area contributed by atoms with Crippen molar-refractivity contribution in [2.24, 2.45) is 45.3 Å². The van der Waals surface area contributed by atoms with Gasteiger partial charge in [-0.2, -0.15) is 0 Å². The Morgan fingerprint density at radius 3 is 2.11 bits per heavy atom. The van der Waals surface area contributed by atoms with Crippen molar-refractivity contribution in [2.45, 2.75) is 230 Å². The molecule has 0 aromatic rings. The Bertz CT molecular complexity index is 1850. The quantitative estimate of drug-likeness (QED) is 0.105. The normalized spacial score (nSPS) is 56.3. The van der Waals surface area contributed by atoms with Crippen LogP contribution in [-0.2, 0) is 47.4 Å². The molecule has 17 heteroatoms. The molecule has 0 aromatic carbocycles. The summed E-state index contributed by atoms with van der Waals surface area (Å²) in [5.41, 5.74) is -0.626. The number of aliphatic hydroxyl groups is 7. The lowest BCUT2D eigenvalue weighted by Gasteiger charge is -2.70. The molecule has 9 fully saturated rings. The molecule has 0 radical (unpaired) electrons. The number of fused-ring (bicyclic) bond motifs is 4. The molecule has 2 bridgehead atoms. The molecule has 2 spiro atoms. The third kappa shape index (κ3) is 7.53. The van der Waals surface area contributed by atoms with Gasteiger partial charge in [0.2, 0.25) is 0 Å². The van der Waals surface area contributed by atoms with Crippen LogP contribution in [0.2, 0.25) is 0 Å². The van der Waals surface area contributed by atoms with E-state index in [0.29, 0.717) is 31.8 Å². The maximum absolute atomic E-state index is 12.1. The Kier molecular flexibility index (Phi) is 12.9. The Morgan fingerprint density at radius 1 is 0.712 bits per heavy atom. The van der Waals surface area contributed by atoms with E-state index < -0.39 is 103 Å². The lowest BCUT2D eigenvalue weighted by Crippen LogP contribution is -2.69. The van der Waals surface area contributed by atoms with Crippen molar-refractivity contribution in [1.82, 2.24) is 0 Å². The second-order valence-electron chi connectivity index (χ2n) is 23.5. The highest BCUT2D eigenvalue weighted by molar-refractivity contribution is 5.66. The van der Waals surface area contributed by atoms with Gasteiger partial charge < -0.3 is 78.4 Å². The summed E-state index contributed by atoms with van der Waals surface area (Å²) < 4.78 is 57.7. The van der Waals surface area contributed by atoms with Crippen LogP contribution in [0.3, 0.4) is 0 Å². The summed E-state index contributed by atoms with van der Waals surface area (Å²) in [6.07, 6.45) is -9.63. The number of rotatable bonds is 8. The van der Waals surface area contributed by atoms with E-state index in [-0.39, 0.29) is 58.2 Å². The van der Waals surface area contributed by atoms with Crippen LogP contribution in [0, 0.1) is 45.3 Å². The molecule has 0 aromatic heterocycles. The standard InChI is InChI=1S/C49H78O17/c1-22(2)17-26-18-47(10,66-42-37(57)38(62-25(5)50)33(53)24(4)61-42)40-27-11-12-30-45(8)15-14-31(44(6,7)29(45)13-16-46(30,9)48(27)20-49(40,65-26)59-21-48)63-43-39(34(54)28(51)19-58-43)64-41-36(56)35(55)32(52)23(3)60-41/h17,23-24,26-43,51-57H,11-16,18-21H2,1-10H3/t23-,24+,26-,27+,28-,29-,30+,31-,32-,33+,34-,35+,36+,37-,38-,39+,40-,41-,42+,43-,45-,46+,47-,48-,49-/m0/s1. The van der Waals surface area contributed by atoms with Crippen LogP contribution in [0.1, 0.15) is 121 Å². The summed E-state index contributed by atoms with van der Waals surface area (Å²) >= 11 is 0. The Hall–Kier alpha value is -1.39.